The van der Waals surface area contributed by atoms with Gasteiger partial charge in [-0.25, -0.2) is 9.78 Å². The van der Waals surface area contributed by atoms with Gasteiger partial charge in [-0.3, -0.25) is 4.79 Å². The summed E-state index contributed by atoms with van der Waals surface area (Å²) in [4.78, 5) is 35.4. The third kappa shape index (κ3) is 3.85. The molecule has 0 unspecified atom stereocenters. The molecule has 2 heterocycles. The van der Waals surface area contributed by atoms with Crippen molar-refractivity contribution >= 4 is 27.9 Å². The number of aromatic nitrogens is 2. The van der Waals surface area contributed by atoms with Gasteiger partial charge in [-0.05, 0) is 48.8 Å². The molecule has 1 saturated carbocycles. The molecule has 1 aromatic carbocycles. The Hall–Kier alpha value is -2.35. The summed E-state index contributed by atoms with van der Waals surface area (Å²) in [5.74, 6) is 1.09. The van der Waals surface area contributed by atoms with Gasteiger partial charge in [0, 0.05) is 10.5 Å². The molecule has 1 aliphatic carbocycles. The molecule has 4 atom stereocenters. The number of H-pyrrole nitrogens is 1. The third-order valence-corrected chi connectivity index (χ3v) is 6.79. The summed E-state index contributed by atoms with van der Waals surface area (Å²) in [6.07, 6.45) is 4.31. The first kappa shape index (κ1) is 20.9. The molecule has 2 aliphatic rings. The smallest absolute Gasteiger partial charge is 0.407 e. The highest BCUT2D eigenvalue weighted by molar-refractivity contribution is 9.10. The lowest BCUT2D eigenvalue weighted by atomic mass is 9.95. The molecule has 0 radical (unpaired) electrons. The number of piperidine rings is 1. The van der Waals surface area contributed by atoms with E-state index in [1.54, 1.807) is 0 Å². The lowest BCUT2D eigenvalue weighted by Crippen LogP contribution is -2.54. The van der Waals surface area contributed by atoms with Gasteiger partial charge in [0.1, 0.15) is 11.9 Å². The molecule has 4 rings (SSSR count). The SMILES string of the molecule is COC(=O)N[C@H](C(=O)N1[C@@H]2CC[C@@H](C2)[C@H]1c1ncc(-c2ccc(Br)cc2)[nH]1)C(C)C. The predicted molar refractivity (Wildman–Crippen MR) is 117 cm³/mol. The second-order valence-electron chi connectivity index (χ2n) is 8.46. The zero-order chi connectivity index (χ0) is 21.4. The number of hydrogen-bond donors (Lipinski definition) is 2. The number of nitrogens with zero attached hydrogens (tertiary/aromatic N) is 2. The number of methoxy groups -OCH3 is 1. The van der Waals surface area contributed by atoms with Crippen LogP contribution >= 0.6 is 15.9 Å². The van der Waals surface area contributed by atoms with Crippen molar-refractivity contribution in [3.05, 3.63) is 40.8 Å². The van der Waals surface area contributed by atoms with Gasteiger partial charge in [-0.15, -0.1) is 0 Å². The normalized spacial score (nSPS) is 23.6. The van der Waals surface area contributed by atoms with Crippen molar-refractivity contribution in [1.29, 1.82) is 0 Å². The van der Waals surface area contributed by atoms with Crippen molar-refractivity contribution in [3.63, 3.8) is 0 Å². The Morgan fingerprint density at radius 2 is 2.00 bits per heavy atom. The highest BCUT2D eigenvalue weighted by Gasteiger charge is 2.51. The summed E-state index contributed by atoms with van der Waals surface area (Å²) in [6, 6.07) is 7.51. The quantitative estimate of drug-likeness (QED) is 0.676. The highest BCUT2D eigenvalue weighted by atomic mass is 79.9. The van der Waals surface area contributed by atoms with Crippen LogP contribution in [-0.2, 0) is 9.53 Å². The minimum absolute atomic E-state index is 0.0497. The van der Waals surface area contributed by atoms with E-state index in [0.717, 1.165) is 40.8 Å². The second kappa shape index (κ2) is 8.41. The first-order chi connectivity index (χ1) is 14.4. The average Bonchev–Trinajstić information content (AvgIpc) is 3.47. The molecule has 1 aliphatic heterocycles. The van der Waals surface area contributed by atoms with E-state index in [9.17, 15) is 9.59 Å². The highest BCUT2D eigenvalue weighted by Crippen LogP contribution is 2.50. The molecule has 7 nitrogen and oxygen atoms in total. The van der Waals surface area contributed by atoms with Crippen molar-refractivity contribution in [2.75, 3.05) is 7.11 Å². The fourth-order valence-electron chi connectivity index (χ4n) is 4.78. The molecular weight excluding hydrogens is 448 g/mol. The van der Waals surface area contributed by atoms with Gasteiger partial charge < -0.3 is 19.9 Å². The Morgan fingerprint density at radius 3 is 2.67 bits per heavy atom. The molecule has 2 fully saturated rings. The number of carbonyl (C=O) groups excluding carboxylic acids is 2. The number of aromatic amines is 1. The van der Waals surface area contributed by atoms with E-state index < -0.39 is 12.1 Å². The van der Waals surface area contributed by atoms with Crippen molar-refractivity contribution in [3.8, 4) is 11.3 Å². The Labute approximate surface area is 184 Å². The van der Waals surface area contributed by atoms with E-state index in [1.165, 1.54) is 7.11 Å². The van der Waals surface area contributed by atoms with E-state index in [0.29, 0.717) is 5.92 Å². The molecule has 2 bridgehead atoms. The topological polar surface area (TPSA) is 87.3 Å². The number of nitrogens with one attached hydrogen (secondary N) is 2. The monoisotopic (exact) mass is 474 g/mol. The molecular formula is C22H27BrN4O3. The van der Waals surface area contributed by atoms with Gasteiger partial charge in [-0.1, -0.05) is 41.9 Å². The Kier molecular flexibility index (Phi) is 5.86. The van der Waals surface area contributed by atoms with Crippen LogP contribution in [0.5, 0.6) is 0 Å². The van der Waals surface area contributed by atoms with Crippen molar-refractivity contribution in [2.24, 2.45) is 11.8 Å². The third-order valence-electron chi connectivity index (χ3n) is 6.26. The first-order valence-corrected chi connectivity index (χ1v) is 11.2. The summed E-state index contributed by atoms with van der Waals surface area (Å²) in [5, 5.41) is 2.72. The Balaban J connectivity index is 1.61. The summed E-state index contributed by atoms with van der Waals surface area (Å²) in [6.45, 7) is 3.86. The van der Waals surface area contributed by atoms with Crippen LogP contribution < -0.4 is 5.32 Å². The van der Waals surface area contributed by atoms with Gasteiger partial charge in [0.05, 0.1) is 25.0 Å². The fraction of sp³-hybridized carbons (Fsp3) is 0.500. The molecule has 2 amide bonds. The number of alkyl carbamates (subject to hydrolysis) is 1. The van der Waals surface area contributed by atoms with E-state index in [-0.39, 0.29) is 23.9 Å². The number of carbonyl (C=O) groups is 2. The van der Waals surface area contributed by atoms with Crippen LogP contribution in [0.2, 0.25) is 0 Å². The van der Waals surface area contributed by atoms with Gasteiger partial charge in [-0.2, -0.15) is 0 Å². The van der Waals surface area contributed by atoms with Crippen molar-refractivity contribution in [1.82, 2.24) is 20.2 Å². The first-order valence-electron chi connectivity index (χ1n) is 10.4. The minimum Gasteiger partial charge on any atom is -0.453 e. The molecule has 30 heavy (non-hydrogen) atoms. The molecule has 2 aromatic rings. The summed E-state index contributed by atoms with van der Waals surface area (Å²) >= 11 is 3.46. The van der Waals surface area contributed by atoms with E-state index >= 15 is 0 Å². The van der Waals surface area contributed by atoms with Crippen LogP contribution in [0, 0.1) is 11.8 Å². The van der Waals surface area contributed by atoms with Gasteiger partial charge in [0.2, 0.25) is 5.91 Å². The van der Waals surface area contributed by atoms with E-state index in [1.807, 2.05) is 49.2 Å². The zero-order valence-corrected chi connectivity index (χ0v) is 19.0. The maximum Gasteiger partial charge on any atom is 0.407 e. The van der Waals surface area contributed by atoms with Crippen molar-refractivity contribution in [2.45, 2.75) is 51.2 Å². The number of halogens is 1. The molecule has 1 saturated heterocycles. The zero-order valence-electron chi connectivity index (χ0n) is 17.4. The lowest BCUT2D eigenvalue weighted by molar-refractivity contribution is -0.139. The van der Waals surface area contributed by atoms with Gasteiger partial charge >= 0.3 is 6.09 Å². The van der Waals surface area contributed by atoms with Crippen molar-refractivity contribution < 1.29 is 14.3 Å². The van der Waals surface area contributed by atoms with Gasteiger partial charge in [0.15, 0.2) is 0 Å². The number of imidazole rings is 1. The van der Waals surface area contributed by atoms with Gasteiger partial charge in [0.25, 0.3) is 0 Å². The van der Waals surface area contributed by atoms with Crippen LogP contribution in [0.1, 0.15) is 45.0 Å². The Morgan fingerprint density at radius 1 is 1.27 bits per heavy atom. The number of rotatable bonds is 5. The van der Waals surface area contributed by atoms with Crippen LogP contribution in [0.4, 0.5) is 4.79 Å². The second-order valence-corrected chi connectivity index (χ2v) is 9.38. The number of likely N-dealkylation sites (tertiary alicyclic amines) is 1. The predicted octanol–water partition coefficient (Wildman–Crippen LogP) is 4.27. The summed E-state index contributed by atoms with van der Waals surface area (Å²) in [7, 11) is 1.31. The van der Waals surface area contributed by atoms with Crippen LogP contribution in [0.25, 0.3) is 11.3 Å². The fourth-order valence-corrected chi connectivity index (χ4v) is 5.04. The molecule has 2 N–H and O–H groups in total. The maximum absolute atomic E-state index is 13.5. The van der Waals surface area contributed by atoms with E-state index in [4.69, 9.17) is 4.74 Å². The van der Waals surface area contributed by atoms with Crippen LogP contribution in [-0.4, -0.2) is 46.1 Å². The number of ether oxygens (including phenoxy) is 1. The molecule has 160 valence electrons. The number of benzene rings is 1. The Bertz CT molecular complexity index is 927. The summed E-state index contributed by atoms with van der Waals surface area (Å²) < 4.78 is 5.76. The maximum atomic E-state index is 13.5. The number of hydrogen-bond acceptors (Lipinski definition) is 4. The molecule has 1 aromatic heterocycles. The van der Waals surface area contributed by atoms with E-state index in [2.05, 4.69) is 31.2 Å². The molecule has 8 heteroatoms. The lowest BCUT2D eigenvalue weighted by Gasteiger charge is -2.37. The van der Waals surface area contributed by atoms with Crippen LogP contribution in [0.15, 0.2) is 34.9 Å². The molecule has 0 spiro atoms. The minimum atomic E-state index is -0.625. The number of amides is 2. The standard InChI is InChI=1S/C22H27BrN4O3/c1-12(2)18(26-22(29)30-3)21(28)27-16-9-6-14(10-16)19(27)20-24-11-17(25-20)13-4-7-15(23)8-5-13/h4-5,7-8,11-12,14,16,18-19H,6,9-10H2,1-3H3,(H,24,25)(H,26,29)/t14-,16+,18-,19-/m0/s1. The largest absolute Gasteiger partial charge is 0.453 e. The number of fused-ring (bicyclic) bond motifs is 2. The summed E-state index contributed by atoms with van der Waals surface area (Å²) in [5.41, 5.74) is 1.98. The van der Waals surface area contributed by atoms with Crippen LogP contribution in [0.3, 0.4) is 0 Å². The average molecular weight is 475 g/mol.